The van der Waals surface area contributed by atoms with Crippen molar-refractivity contribution in [2.45, 2.75) is 13.0 Å². The van der Waals surface area contributed by atoms with E-state index in [0.717, 1.165) is 19.5 Å². The highest BCUT2D eigenvalue weighted by Crippen LogP contribution is 2.40. The summed E-state index contributed by atoms with van der Waals surface area (Å²) in [6, 6.07) is 4.57. The lowest BCUT2D eigenvalue weighted by Crippen LogP contribution is -2.13. The summed E-state index contributed by atoms with van der Waals surface area (Å²) < 4.78 is 0. The van der Waals surface area contributed by atoms with Crippen molar-refractivity contribution in [1.82, 2.24) is 10.2 Å². The van der Waals surface area contributed by atoms with E-state index in [0.29, 0.717) is 0 Å². The van der Waals surface area contributed by atoms with Crippen LogP contribution >= 0.6 is 0 Å². The minimum absolute atomic E-state index is 0.869. The van der Waals surface area contributed by atoms with Gasteiger partial charge in [0.15, 0.2) is 0 Å². The Morgan fingerprint density at radius 2 is 2.24 bits per heavy atom. The minimum Gasteiger partial charge on any atom is -0.380 e. The Bertz CT molecular complexity index is 599. The molecule has 2 N–H and O–H groups in total. The first-order valence-electron chi connectivity index (χ1n) is 5.97. The maximum atomic E-state index is 4.14. The van der Waals surface area contributed by atoms with Crippen LogP contribution in [0.3, 0.4) is 0 Å². The van der Waals surface area contributed by atoms with Gasteiger partial charge in [0.25, 0.3) is 0 Å². The summed E-state index contributed by atoms with van der Waals surface area (Å²) in [5.41, 5.74) is 7.70. The first-order chi connectivity index (χ1) is 8.33. The van der Waals surface area contributed by atoms with Crippen LogP contribution in [0.25, 0.3) is 11.3 Å². The van der Waals surface area contributed by atoms with Gasteiger partial charge in [0.05, 0.1) is 11.9 Å². The molecule has 17 heavy (non-hydrogen) atoms. The number of aromatic amines is 1. The van der Waals surface area contributed by atoms with Gasteiger partial charge in [-0.3, -0.25) is 5.10 Å². The molecule has 0 bridgehead atoms. The predicted octanol–water partition coefficient (Wildman–Crippen LogP) is 1.99. The summed E-state index contributed by atoms with van der Waals surface area (Å²) in [5, 5.41) is 10.7. The molecule has 0 amide bonds. The van der Waals surface area contributed by atoms with Crippen LogP contribution in [0.2, 0.25) is 0 Å². The number of benzene rings is 1. The third-order valence-corrected chi connectivity index (χ3v) is 3.80. The van der Waals surface area contributed by atoms with Crippen molar-refractivity contribution in [2.24, 2.45) is 0 Å². The SMILES string of the molecule is CN1CCc2cc3c(cc21)-c1[nH]ncc1CN3. The number of hydrogen-bond donors (Lipinski definition) is 2. The summed E-state index contributed by atoms with van der Waals surface area (Å²) in [4.78, 5) is 2.32. The summed E-state index contributed by atoms with van der Waals surface area (Å²) in [7, 11) is 2.16. The van der Waals surface area contributed by atoms with Crippen LogP contribution in [0.5, 0.6) is 0 Å². The van der Waals surface area contributed by atoms with E-state index >= 15 is 0 Å². The lowest BCUT2D eigenvalue weighted by Gasteiger charge is -2.21. The van der Waals surface area contributed by atoms with Crippen molar-refractivity contribution in [1.29, 1.82) is 0 Å². The van der Waals surface area contributed by atoms with Gasteiger partial charge in [0.1, 0.15) is 0 Å². The number of aromatic nitrogens is 2. The highest BCUT2D eigenvalue weighted by molar-refractivity contribution is 5.85. The van der Waals surface area contributed by atoms with Crippen LogP contribution in [0.1, 0.15) is 11.1 Å². The molecule has 2 aliphatic rings. The third kappa shape index (κ3) is 1.15. The largest absolute Gasteiger partial charge is 0.380 e. The van der Waals surface area contributed by atoms with E-state index in [9.17, 15) is 0 Å². The molecule has 0 saturated carbocycles. The molecular weight excluding hydrogens is 212 g/mol. The third-order valence-electron chi connectivity index (χ3n) is 3.80. The molecule has 0 fully saturated rings. The number of nitrogens with one attached hydrogen (secondary N) is 2. The van der Waals surface area contributed by atoms with Crippen LogP contribution in [0.15, 0.2) is 18.3 Å². The second kappa shape index (κ2) is 3.03. The monoisotopic (exact) mass is 226 g/mol. The molecule has 86 valence electrons. The van der Waals surface area contributed by atoms with Crippen molar-refractivity contribution in [3.8, 4) is 11.3 Å². The molecule has 2 aliphatic heterocycles. The Morgan fingerprint density at radius 1 is 1.29 bits per heavy atom. The van der Waals surface area contributed by atoms with E-state index in [1.165, 1.54) is 33.8 Å². The van der Waals surface area contributed by atoms with Gasteiger partial charge in [0.2, 0.25) is 0 Å². The molecule has 4 nitrogen and oxygen atoms in total. The van der Waals surface area contributed by atoms with Gasteiger partial charge in [-0.2, -0.15) is 5.10 Å². The Kier molecular flexibility index (Phi) is 1.62. The topological polar surface area (TPSA) is 44.0 Å². The fourth-order valence-corrected chi connectivity index (χ4v) is 2.82. The molecule has 0 unspecified atom stereocenters. The van der Waals surface area contributed by atoms with Crippen LogP contribution in [-0.2, 0) is 13.0 Å². The van der Waals surface area contributed by atoms with E-state index in [2.05, 4.69) is 39.6 Å². The molecule has 0 spiro atoms. The number of nitrogens with zero attached hydrogens (tertiary/aromatic N) is 2. The van der Waals surface area contributed by atoms with Crippen LogP contribution in [0.4, 0.5) is 11.4 Å². The van der Waals surface area contributed by atoms with Gasteiger partial charge in [-0.25, -0.2) is 0 Å². The van der Waals surface area contributed by atoms with E-state index < -0.39 is 0 Å². The van der Waals surface area contributed by atoms with E-state index in [1.54, 1.807) is 0 Å². The second-order valence-corrected chi connectivity index (χ2v) is 4.82. The zero-order chi connectivity index (χ0) is 11.4. The smallest absolute Gasteiger partial charge is 0.0721 e. The lowest BCUT2D eigenvalue weighted by atomic mass is 9.98. The van der Waals surface area contributed by atoms with E-state index in [-0.39, 0.29) is 0 Å². The molecule has 0 atom stereocenters. The molecule has 3 heterocycles. The Balaban J connectivity index is 1.97. The number of anilines is 2. The van der Waals surface area contributed by atoms with Crippen molar-refractivity contribution in [3.05, 3.63) is 29.5 Å². The van der Waals surface area contributed by atoms with Gasteiger partial charge in [-0.1, -0.05) is 0 Å². The molecular formula is C13H14N4. The van der Waals surface area contributed by atoms with E-state index in [4.69, 9.17) is 0 Å². The standard InChI is InChI=1S/C13H14N4/c1-17-3-2-8-4-11-10(5-12(8)17)13-9(6-14-11)7-15-16-13/h4-5,7,14H,2-3,6H2,1H3,(H,15,16). The quantitative estimate of drug-likeness (QED) is 0.722. The highest BCUT2D eigenvalue weighted by Gasteiger charge is 2.23. The molecule has 2 aromatic rings. The fourth-order valence-electron chi connectivity index (χ4n) is 2.82. The van der Waals surface area contributed by atoms with Crippen molar-refractivity contribution < 1.29 is 0 Å². The van der Waals surface area contributed by atoms with Gasteiger partial charge >= 0.3 is 0 Å². The number of rotatable bonds is 0. The maximum absolute atomic E-state index is 4.14. The summed E-state index contributed by atoms with van der Waals surface area (Å²) in [6.07, 6.45) is 3.05. The van der Waals surface area contributed by atoms with E-state index in [1.807, 2.05) is 6.20 Å². The van der Waals surface area contributed by atoms with Crippen LogP contribution < -0.4 is 10.2 Å². The van der Waals surface area contributed by atoms with Gasteiger partial charge in [0, 0.05) is 42.6 Å². The minimum atomic E-state index is 0.869. The summed E-state index contributed by atoms with van der Waals surface area (Å²) >= 11 is 0. The Hall–Kier alpha value is -1.97. The lowest BCUT2D eigenvalue weighted by molar-refractivity contribution is 0.956. The normalized spacial score (nSPS) is 16.2. The molecule has 4 heteroatoms. The van der Waals surface area contributed by atoms with Crippen LogP contribution in [-0.4, -0.2) is 23.8 Å². The molecule has 1 aromatic heterocycles. The van der Waals surface area contributed by atoms with Gasteiger partial charge in [-0.05, 0) is 24.1 Å². The number of H-pyrrole nitrogens is 1. The zero-order valence-corrected chi connectivity index (χ0v) is 9.75. The molecule has 0 saturated heterocycles. The molecule has 1 aromatic carbocycles. The van der Waals surface area contributed by atoms with Gasteiger partial charge in [-0.15, -0.1) is 0 Å². The Morgan fingerprint density at radius 3 is 3.18 bits per heavy atom. The highest BCUT2D eigenvalue weighted by atomic mass is 15.1. The summed E-state index contributed by atoms with van der Waals surface area (Å²) in [6.45, 7) is 1.99. The maximum Gasteiger partial charge on any atom is 0.0721 e. The fraction of sp³-hybridized carbons (Fsp3) is 0.308. The molecule has 0 radical (unpaired) electrons. The van der Waals surface area contributed by atoms with Gasteiger partial charge < -0.3 is 10.2 Å². The number of fused-ring (bicyclic) bond motifs is 4. The number of likely N-dealkylation sites (N-methyl/N-ethyl adjacent to an activating group) is 1. The first-order valence-corrected chi connectivity index (χ1v) is 5.97. The summed E-state index contributed by atoms with van der Waals surface area (Å²) in [5.74, 6) is 0. The average molecular weight is 226 g/mol. The van der Waals surface area contributed by atoms with Crippen LogP contribution in [0, 0.1) is 0 Å². The first kappa shape index (κ1) is 9.10. The Labute approximate surface area is 99.6 Å². The van der Waals surface area contributed by atoms with Crippen molar-refractivity contribution >= 4 is 11.4 Å². The molecule has 4 rings (SSSR count). The second-order valence-electron chi connectivity index (χ2n) is 4.82. The van der Waals surface area contributed by atoms with Crippen molar-refractivity contribution in [3.63, 3.8) is 0 Å². The molecule has 0 aliphatic carbocycles. The number of hydrogen-bond acceptors (Lipinski definition) is 3. The van der Waals surface area contributed by atoms with Crippen molar-refractivity contribution in [2.75, 3.05) is 23.8 Å². The predicted molar refractivity (Wildman–Crippen MR) is 68.3 cm³/mol. The average Bonchev–Trinajstić information content (AvgIpc) is 2.94. The zero-order valence-electron chi connectivity index (χ0n) is 9.75.